The summed E-state index contributed by atoms with van der Waals surface area (Å²) >= 11 is 0. The second-order valence-corrected chi connectivity index (χ2v) is 6.86. The van der Waals surface area contributed by atoms with Crippen molar-refractivity contribution in [2.24, 2.45) is 7.05 Å². The topological polar surface area (TPSA) is 76.5 Å². The number of rotatable bonds is 3. The molecule has 1 aromatic carbocycles. The molecule has 0 aliphatic carbocycles. The first-order valence-electron chi connectivity index (χ1n) is 8.92. The van der Waals surface area contributed by atoms with E-state index in [-0.39, 0.29) is 23.4 Å². The molecule has 2 atom stereocenters. The van der Waals surface area contributed by atoms with E-state index in [2.05, 4.69) is 10.3 Å². The van der Waals surface area contributed by atoms with E-state index in [9.17, 15) is 9.59 Å². The number of fused-ring (bicyclic) bond motifs is 1. The van der Waals surface area contributed by atoms with Gasteiger partial charge < -0.3 is 19.5 Å². The maximum atomic E-state index is 12.7. The summed E-state index contributed by atoms with van der Waals surface area (Å²) in [4.78, 5) is 31.3. The SMILES string of the molecule is Cn1ccnc(N2CCCC(NC(=O)C3COc4ccccc43)C2)c1=O. The summed E-state index contributed by atoms with van der Waals surface area (Å²) < 4.78 is 7.14. The average molecular weight is 354 g/mol. The Kier molecular flexibility index (Phi) is 4.36. The lowest BCUT2D eigenvalue weighted by atomic mass is 9.99. The smallest absolute Gasteiger partial charge is 0.293 e. The van der Waals surface area contributed by atoms with Crippen LogP contribution in [-0.2, 0) is 11.8 Å². The predicted molar refractivity (Wildman–Crippen MR) is 97.5 cm³/mol. The van der Waals surface area contributed by atoms with Gasteiger partial charge in [0.25, 0.3) is 5.56 Å². The van der Waals surface area contributed by atoms with Crippen molar-refractivity contribution in [3.63, 3.8) is 0 Å². The first kappa shape index (κ1) is 16.6. The number of aromatic nitrogens is 2. The van der Waals surface area contributed by atoms with E-state index < -0.39 is 0 Å². The van der Waals surface area contributed by atoms with Crippen molar-refractivity contribution in [3.8, 4) is 5.75 Å². The van der Waals surface area contributed by atoms with Crippen molar-refractivity contribution >= 4 is 11.7 Å². The quantitative estimate of drug-likeness (QED) is 0.891. The first-order chi connectivity index (χ1) is 12.6. The number of ether oxygens (including phenoxy) is 1. The van der Waals surface area contributed by atoms with E-state index in [1.165, 1.54) is 4.57 Å². The van der Waals surface area contributed by atoms with Gasteiger partial charge in [-0.1, -0.05) is 18.2 Å². The van der Waals surface area contributed by atoms with Crippen LogP contribution in [0.5, 0.6) is 5.75 Å². The van der Waals surface area contributed by atoms with Gasteiger partial charge in [-0.15, -0.1) is 0 Å². The molecule has 1 saturated heterocycles. The molecule has 26 heavy (non-hydrogen) atoms. The van der Waals surface area contributed by atoms with Crippen LogP contribution in [0.25, 0.3) is 0 Å². The Morgan fingerprint density at radius 2 is 2.19 bits per heavy atom. The maximum absolute atomic E-state index is 12.7. The Balaban J connectivity index is 1.45. The molecule has 1 N–H and O–H groups in total. The van der Waals surface area contributed by atoms with E-state index in [0.29, 0.717) is 19.0 Å². The molecule has 1 fully saturated rings. The number of carbonyl (C=O) groups is 1. The normalized spacial score (nSPS) is 21.8. The Labute approximate surface area is 151 Å². The molecule has 2 aliphatic rings. The third-order valence-corrected chi connectivity index (χ3v) is 5.08. The molecule has 7 heteroatoms. The molecular formula is C19H22N4O3. The highest BCUT2D eigenvalue weighted by Crippen LogP contribution is 2.33. The zero-order valence-electron chi connectivity index (χ0n) is 14.7. The minimum absolute atomic E-state index is 0.00396. The highest BCUT2D eigenvalue weighted by atomic mass is 16.5. The number of carbonyl (C=O) groups excluding carboxylic acids is 1. The Morgan fingerprint density at radius 3 is 3.08 bits per heavy atom. The van der Waals surface area contributed by atoms with Crippen LogP contribution in [0, 0.1) is 0 Å². The van der Waals surface area contributed by atoms with Crippen LogP contribution >= 0.6 is 0 Å². The van der Waals surface area contributed by atoms with Gasteiger partial charge in [0.15, 0.2) is 5.82 Å². The molecule has 3 heterocycles. The lowest BCUT2D eigenvalue weighted by Gasteiger charge is -2.34. The fraction of sp³-hybridized carbons (Fsp3) is 0.421. The summed E-state index contributed by atoms with van der Waals surface area (Å²) in [5, 5.41) is 3.14. The number of aryl methyl sites for hydroxylation is 1. The highest BCUT2D eigenvalue weighted by Gasteiger charge is 2.32. The molecule has 1 amide bonds. The Bertz CT molecular complexity index is 879. The number of benzene rings is 1. The van der Waals surface area contributed by atoms with Gasteiger partial charge >= 0.3 is 0 Å². The number of para-hydroxylation sites is 1. The van der Waals surface area contributed by atoms with Crippen molar-refractivity contribution < 1.29 is 9.53 Å². The summed E-state index contributed by atoms with van der Waals surface area (Å²) in [6.07, 6.45) is 5.07. The largest absolute Gasteiger partial charge is 0.492 e. The molecule has 2 unspecified atom stereocenters. The van der Waals surface area contributed by atoms with Crippen LogP contribution in [0.4, 0.5) is 5.82 Å². The molecular weight excluding hydrogens is 332 g/mol. The molecule has 2 aliphatic heterocycles. The van der Waals surface area contributed by atoms with Gasteiger partial charge in [-0.2, -0.15) is 0 Å². The standard InChI is InChI=1S/C19H22N4O3/c1-22-10-8-20-17(19(22)25)23-9-4-5-13(11-23)21-18(24)15-12-26-16-7-3-2-6-14(15)16/h2-3,6-8,10,13,15H,4-5,9,11-12H2,1H3,(H,21,24). The monoisotopic (exact) mass is 354 g/mol. The van der Waals surface area contributed by atoms with Crippen LogP contribution < -0.4 is 20.5 Å². The van der Waals surface area contributed by atoms with E-state index in [1.54, 1.807) is 19.4 Å². The predicted octanol–water partition coefficient (Wildman–Crippen LogP) is 1.04. The molecule has 0 bridgehead atoms. The van der Waals surface area contributed by atoms with Gasteiger partial charge in [0, 0.05) is 44.1 Å². The average Bonchev–Trinajstić information content (AvgIpc) is 3.08. The second-order valence-electron chi connectivity index (χ2n) is 6.86. The van der Waals surface area contributed by atoms with Crippen molar-refractivity contribution in [2.45, 2.75) is 24.8 Å². The summed E-state index contributed by atoms with van der Waals surface area (Å²) in [5.41, 5.74) is 0.828. The zero-order valence-corrected chi connectivity index (χ0v) is 14.7. The van der Waals surface area contributed by atoms with E-state index in [0.717, 1.165) is 30.7 Å². The van der Waals surface area contributed by atoms with E-state index in [4.69, 9.17) is 4.74 Å². The van der Waals surface area contributed by atoms with Gasteiger partial charge in [0.1, 0.15) is 18.3 Å². The number of amides is 1. The third-order valence-electron chi connectivity index (χ3n) is 5.08. The van der Waals surface area contributed by atoms with E-state index >= 15 is 0 Å². The summed E-state index contributed by atoms with van der Waals surface area (Å²) in [6.45, 7) is 1.74. The van der Waals surface area contributed by atoms with E-state index in [1.807, 2.05) is 29.2 Å². The Hall–Kier alpha value is -2.83. The van der Waals surface area contributed by atoms with Crippen LogP contribution in [0.1, 0.15) is 24.3 Å². The highest BCUT2D eigenvalue weighted by molar-refractivity contribution is 5.85. The number of nitrogens with one attached hydrogen (secondary N) is 1. The van der Waals surface area contributed by atoms with Crippen molar-refractivity contribution in [1.82, 2.24) is 14.9 Å². The minimum Gasteiger partial charge on any atom is -0.492 e. The molecule has 1 aromatic heterocycles. The number of anilines is 1. The van der Waals surface area contributed by atoms with Gasteiger partial charge in [0.05, 0.1) is 0 Å². The molecule has 0 saturated carbocycles. The van der Waals surface area contributed by atoms with Crippen LogP contribution in [0.3, 0.4) is 0 Å². The van der Waals surface area contributed by atoms with Gasteiger partial charge in [-0.3, -0.25) is 9.59 Å². The fourth-order valence-corrected chi connectivity index (χ4v) is 3.67. The fourth-order valence-electron chi connectivity index (χ4n) is 3.67. The van der Waals surface area contributed by atoms with Crippen LogP contribution in [-0.4, -0.2) is 41.2 Å². The number of piperidine rings is 1. The maximum Gasteiger partial charge on any atom is 0.293 e. The lowest BCUT2D eigenvalue weighted by Crippen LogP contribution is -2.50. The van der Waals surface area contributed by atoms with Gasteiger partial charge in [-0.05, 0) is 18.9 Å². The van der Waals surface area contributed by atoms with Gasteiger partial charge in [0.2, 0.25) is 5.91 Å². The lowest BCUT2D eigenvalue weighted by molar-refractivity contribution is -0.123. The molecule has 2 aromatic rings. The van der Waals surface area contributed by atoms with Crippen LogP contribution in [0.15, 0.2) is 41.5 Å². The summed E-state index contributed by atoms with van der Waals surface area (Å²) in [6, 6.07) is 7.66. The number of hydrogen-bond acceptors (Lipinski definition) is 5. The zero-order chi connectivity index (χ0) is 18.1. The molecule has 136 valence electrons. The summed E-state index contributed by atoms with van der Waals surface area (Å²) in [5.74, 6) is 0.943. The number of hydrogen-bond donors (Lipinski definition) is 1. The Morgan fingerprint density at radius 1 is 1.35 bits per heavy atom. The second kappa shape index (κ2) is 6.82. The molecule has 7 nitrogen and oxygen atoms in total. The van der Waals surface area contributed by atoms with Crippen LogP contribution in [0.2, 0.25) is 0 Å². The van der Waals surface area contributed by atoms with Crippen molar-refractivity contribution in [1.29, 1.82) is 0 Å². The van der Waals surface area contributed by atoms with Gasteiger partial charge in [-0.25, -0.2) is 4.98 Å². The molecule has 4 rings (SSSR count). The molecule has 0 spiro atoms. The third kappa shape index (κ3) is 3.05. The minimum atomic E-state index is -0.274. The summed E-state index contributed by atoms with van der Waals surface area (Å²) in [7, 11) is 1.72. The number of nitrogens with zero attached hydrogens (tertiary/aromatic N) is 3. The molecule has 0 radical (unpaired) electrons. The van der Waals surface area contributed by atoms with Crippen molar-refractivity contribution in [3.05, 3.63) is 52.6 Å². The van der Waals surface area contributed by atoms with Crippen molar-refractivity contribution in [2.75, 3.05) is 24.6 Å². The first-order valence-corrected chi connectivity index (χ1v) is 8.92.